The number of carbonyl (C=O) groups is 1. The van der Waals surface area contributed by atoms with Crippen LogP contribution in [0.2, 0.25) is 0 Å². The molecule has 0 bridgehead atoms. The van der Waals surface area contributed by atoms with Crippen molar-refractivity contribution in [1.82, 2.24) is 5.32 Å². The van der Waals surface area contributed by atoms with Crippen molar-refractivity contribution in [3.63, 3.8) is 0 Å². The highest BCUT2D eigenvalue weighted by Gasteiger charge is 2.31. The second-order valence-corrected chi connectivity index (χ2v) is 4.42. The van der Waals surface area contributed by atoms with Crippen LogP contribution in [0.15, 0.2) is 0 Å². The number of rotatable bonds is 7. The molecule has 1 aliphatic carbocycles. The SMILES string of the molecule is O=C(CCOCC(F)F)NCC1(O)CCCC1. The normalized spacial score (nSPS) is 18.6. The summed E-state index contributed by atoms with van der Waals surface area (Å²) in [5.74, 6) is -0.278. The summed E-state index contributed by atoms with van der Waals surface area (Å²) in [6, 6.07) is 0. The Labute approximate surface area is 99.3 Å². The molecular weight excluding hydrogens is 232 g/mol. The molecule has 6 heteroatoms. The Kier molecular flexibility index (Phi) is 5.77. The Morgan fingerprint density at radius 3 is 2.65 bits per heavy atom. The fourth-order valence-corrected chi connectivity index (χ4v) is 1.90. The van der Waals surface area contributed by atoms with E-state index >= 15 is 0 Å². The summed E-state index contributed by atoms with van der Waals surface area (Å²) >= 11 is 0. The fraction of sp³-hybridized carbons (Fsp3) is 0.909. The van der Waals surface area contributed by atoms with Crippen LogP contribution in [-0.2, 0) is 9.53 Å². The maximum absolute atomic E-state index is 11.7. The lowest BCUT2D eigenvalue weighted by Gasteiger charge is -2.22. The Morgan fingerprint density at radius 1 is 1.41 bits per heavy atom. The first-order valence-electron chi connectivity index (χ1n) is 5.87. The molecule has 0 atom stereocenters. The average molecular weight is 251 g/mol. The molecule has 1 amide bonds. The third-order valence-electron chi connectivity index (χ3n) is 2.87. The van der Waals surface area contributed by atoms with E-state index in [0.717, 1.165) is 12.8 Å². The van der Waals surface area contributed by atoms with Crippen molar-refractivity contribution in [2.75, 3.05) is 19.8 Å². The molecule has 1 aliphatic rings. The van der Waals surface area contributed by atoms with E-state index in [4.69, 9.17) is 0 Å². The van der Waals surface area contributed by atoms with Gasteiger partial charge in [0.05, 0.1) is 12.2 Å². The van der Waals surface area contributed by atoms with Gasteiger partial charge < -0.3 is 15.2 Å². The topological polar surface area (TPSA) is 58.6 Å². The third kappa shape index (κ3) is 5.93. The zero-order valence-electron chi connectivity index (χ0n) is 9.75. The van der Waals surface area contributed by atoms with E-state index < -0.39 is 18.6 Å². The summed E-state index contributed by atoms with van der Waals surface area (Å²) in [5.41, 5.74) is -0.778. The first-order valence-corrected chi connectivity index (χ1v) is 5.87. The summed E-state index contributed by atoms with van der Waals surface area (Å²) in [4.78, 5) is 11.3. The van der Waals surface area contributed by atoms with Gasteiger partial charge in [0.2, 0.25) is 5.91 Å². The minimum Gasteiger partial charge on any atom is -0.388 e. The number of carbonyl (C=O) groups excluding carboxylic acids is 1. The summed E-state index contributed by atoms with van der Waals surface area (Å²) in [7, 11) is 0. The predicted octanol–water partition coefficient (Wildman–Crippen LogP) is 1.08. The smallest absolute Gasteiger partial charge is 0.261 e. The molecule has 1 fully saturated rings. The molecule has 100 valence electrons. The summed E-state index contributed by atoms with van der Waals surface area (Å²) in [6.45, 7) is -0.424. The lowest BCUT2D eigenvalue weighted by Crippen LogP contribution is -2.41. The van der Waals surface area contributed by atoms with Crippen molar-refractivity contribution >= 4 is 5.91 Å². The Bertz CT molecular complexity index is 243. The Hall–Kier alpha value is -0.750. The standard InChI is InChI=1S/C11H19F2NO3/c12-9(13)7-17-6-3-10(15)14-8-11(16)4-1-2-5-11/h9,16H,1-8H2,(H,14,15). The van der Waals surface area contributed by atoms with Crippen LogP contribution >= 0.6 is 0 Å². The monoisotopic (exact) mass is 251 g/mol. The van der Waals surface area contributed by atoms with E-state index in [9.17, 15) is 18.7 Å². The largest absolute Gasteiger partial charge is 0.388 e. The molecule has 2 N–H and O–H groups in total. The number of amides is 1. The van der Waals surface area contributed by atoms with Crippen molar-refractivity contribution in [3.8, 4) is 0 Å². The maximum atomic E-state index is 11.7. The molecule has 0 aromatic carbocycles. The van der Waals surface area contributed by atoms with Crippen LogP contribution in [0, 0.1) is 0 Å². The van der Waals surface area contributed by atoms with Crippen molar-refractivity contribution in [2.45, 2.75) is 44.1 Å². The minimum absolute atomic E-state index is 0.0192. The van der Waals surface area contributed by atoms with E-state index in [0.29, 0.717) is 12.8 Å². The van der Waals surface area contributed by atoms with Gasteiger partial charge in [-0.2, -0.15) is 0 Å². The highest BCUT2D eigenvalue weighted by Crippen LogP contribution is 2.28. The lowest BCUT2D eigenvalue weighted by atomic mass is 10.0. The van der Waals surface area contributed by atoms with Crippen LogP contribution in [0.1, 0.15) is 32.1 Å². The molecule has 0 unspecified atom stereocenters. The van der Waals surface area contributed by atoms with Gasteiger partial charge in [-0.1, -0.05) is 12.8 Å². The zero-order chi connectivity index (χ0) is 12.7. The van der Waals surface area contributed by atoms with Crippen LogP contribution in [0.4, 0.5) is 8.78 Å². The number of nitrogens with one attached hydrogen (secondary N) is 1. The number of hydrogen-bond acceptors (Lipinski definition) is 3. The third-order valence-corrected chi connectivity index (χ3v) is 2.87. The second-order valence-electron chi connectivity index (χ2n) is 4.42. The highest BCUT2D eigenvalue weighted by molar-refractivity contribution is 5.76. The van der Waals surface area contributed by atoms with E-state index in [1.807, 2.05) is 0 Å². The first-order chi connectivity index (χ1) is 8.02. The molecule has 0 saturated heterocycles. The summed E-state index contributed by atoms with van der Waals surface area (Å²) in [6.07, 6.45) is 0.901. The van der Waals surface area contributed by atoms with E-state index in [-0.39, 0.29) is 25.5 Å². The fourth-order valence-electron chi connectivity index (χ4n) is 1.90. The van der Waals surface area contributed by atoms with Gasteiger partial charge in [-0.25, -0.2) is 8.78 Å². The molecule has 0 aromatic heterocycles. The van der Waals surface area contributed by atoms with Gasteiger partial charge >= 0.3 is 0 Å². The van der Waals surface area contributed by atoms with Gasteiger partial charge in [-0.05, 0) is 12.8 Å². The van der Waals surface area contributed by atoms with Gasteiger partial charge in [-0.3, -0.25) is 4.79 Å². The van der Waals surface area contributed by atoms with E-state index in [1.54, 1.807) is 0 Å². The van der Waals surface area contributed by atoms with Crippen LogP contribution in [0.3, 0.4) is 0 Å². The highest BCUT2D eigenvalue weighted by atomic mass is 19.3. The number of ether oxygens (including phenoxy) is 1. The molecule has 4 nitrogen and oxygen atoms in total. The van der Waals surface area contributed by atoms with Crippen molar-refractivity contribution in [3.05, 3.63) is 0 Å². The van der Waals surface area contributed by atoms with Gasteiger partial charge in [-0.15, -0.1) is 0 Å². The summed E-state index contributed by atoms with van der Waals surface area (Å²) in [5, 5.41) is 12.5. The van der Waals surface area contributed by atoms with E-state index in [2.05, 4.69) is 10.1 Å². The predicted molar refractivity (Wildman–Crippen MR) is 57.9 cm³/mol. The minimum atomic E-state index is -2.50. The number of hydrogen-bond donors (Lipinski definition) is 2. The molecule has 0 radical (unpaired) electrons. The molecule has 0 aliphatic heterocycles. The van der Waals surface area contributed by atoms with Crippen LogP contribution in [-0.4, -0.2) is 42.8 Å². The number of halogens is 2. The van der Waals surface area contributed by atoms with Gasteiger partial charge in [0.1, 0.15) is 6.61 Å². The molecule has 0 aromatic rings. The van der Waals surface area contributed by atoms with Crippen LogP contribution in [0.5, 0.6) is 0 Å². The maximum Gasteiger partial charge on any atom is 0.261 e. The molecule has 1 rings (SSSR count). The number of aliphatic hydroxyl groups is 1. The van der Waals surface area contributed by atoms with Gasteiger partial charge in [0, 0.05) is 13.0 Å². The second kappa shape index (κ2) is 6.86. The molecule has 17 heavy (non-hydrogen) atoms. The van der Waals surface area contributed by atoms with Crippen molar-refractivity contribution in [2.24, 2.45) is 0 Å². The number of alkyl halides is 2. The zero-order valence-corrected chi connectivity index (χ0v) is 9.75. The molecule has 1 saturated carbocycles. The summed E-state index contributed by atoms with van der Waals surface area (Å²) < 4.78 is 28.0. The Balaban J connectivity index is 2.05. The quantitative estimate of drug-likeness (QED) is 0.666. The van der Waals surface area contributed by atoms with E-state index in [1.165, 1.54) is 0 Å². The van der Waals surface area contributed by atoms with Crippen LogP contribution < -0.4 is 5.32 Å². The van der Waals surface area contributed by atoms with Gasteiger partial charge in [0.25, 0.3) is 6.43 Å². The molecular formula is C11H19F2NO3. The average Bonchev–Trinajstić information content (AvgIpc) is 2.69. The van der Waals surface area contributed by atoms with Crippen molar-refractivity contribution < 1.29 is 23.4 Å². The van der Waals surface area contributed by atoms with Gasteiger partial charge in [0.15, 0.2) is 0 Å². The molecule has 0 heterocycles. The first kappa shape index (κ1) is 14.3. The lowest BCUT2D eigenvalue weighted by molar-refractivity contribution is -0.123. The van der Waals surface area contributed by atoms with Crippen LogP contribution in [0.25, 0.3) is 0 Å². The Morgan fingerprint density at radius 2 is 2.06 bits per heavy atom. The van der Waals surface area contributed by atoms with Crippen molar-refractivity contribution in [1.29, 1.82) is 0 Å². The molecule has 0 spiro atoms.